The molecule has 1 aliphatic rings. The van der Waals surface area contributed by atoms with Crippen molar-refractivity contribution < 1.29 is 8.78 Å². The number of benzene rings is 1. The van der Waals surface area contributed by atoms with Crippen molar-refractivity contribution in [3.8, 4) is 0 Å². The first-order valence-electron chi connectivity index (χ1n) is 7.10. The molecule has 5 nitrogen and oxygen atoms in total. The molecular weight excluding hydrogens is 288 g/mol. The SMILES string of the molecule is CN1CCN(c2ccnc(Nc3ccc(F)c(F)c3)n2)CC1. The Balaban J connectivity index is 1.74. The van der Waals surface area contributed by atoms with Crippen molar-refractivity contribution in [2.45, 2.75) is 0 Å². The largest absolute Gasteiger partial charge is 0.354 e. The van der Waals surface area contributed by atoms with Gasteiger partial charge >= 0.3 is 0 Å². The average Bonchev–Trinajstić information content (AvgIpc) is 2.52. The quantitative estimate of drug-likeness (QED) is 0.942. The highest BCUT2D eigenvalue weighted by molar-refractivity contribution is 5.55. The van der Waals surface area contributed by atoms with E-state index in [-0.39, 0.29) is 0 Å². The van der Waals surface area contributed by atoms with Gasteiger partial charge in [0.05, 0.1) is 0 Å². The zero-order valence-corrected chi connectivity index (χ0v) is 12.3. The Morgan fingerprint density at radius 2 is 1.82 bits per heavy atom. The lowest BCUT2D eigenvalue weighted by Gasteiger charge is -2.33. The maximum absolute atomic E-state index is 13.2. The third-order valence-corrected chi connectivity index (χ3v) is 3.64. The number of nitrogens with one attached hydrogen (secondary N) is 1. The monoisotopic (exact) mass is 305 g/mol. The highest BCUT2D eigenvalue weighted by atomic mass is 19.2. The molecule has 0 spiro atoms. The molecule has 0 amide bonds. The van der Waals surface area contributed by atoms with Crippen LogP contribution in [0.15, 0.2) is 30.5 Å². The number of likely N-dealkylation sites (N-methyl/N-ethyl adjacent to an activating group) is 1. The fourth-order valence-corrected chi connectivity index (χ4v) is 2.32. The third-order valence-electron chi connectivity index (χ3n) is 3.64. The minimum Gasteiger partial charge on any atom is -0.354 e. The van der Waals surface area contributed by atoms with Gasteiger partial charge in [-0.25, -0.2) is 13.8 Å². The molecule has 0 unspecified atom stereocenters. The molecule has 3 rings (SSSR count). The van der Waals surface area contributed by atoms with Gasteiger partial charge in [-0.3, -0.25) is 0 Å². The molecule has 2 heterocycles. The lowest BCUT2D eigenvalue weighted by Crippen LogP contribution is -2.44. The summed E-state index contributed by atoms with van der Waals surface area (Å²) < 4.78 is 26.2. The molecular formula is C15H17F2N5. The summed E-state index contributed by atoms with van der Waals surface area (Å²) >= 11 is 0. The molecule has 1 saturated heterocycles. The summed E-state index contributed by atoms with van der Waals surface area (Å²) in [5.74, 6) is -0.589. The Labute approximate surface area is 127 Å². The van der Waals surface area contributed by atoms with Crippen LogP contribution in [0.1, 0.15) is 0 Å². The summed E-state index contributed by atoms with van der Waals surface area (Å²) in [5.41, 5.74) is 0.412. The Morgan fingerprint density at radius 1 is 1.05 bits per heavy atom. The first-order valence-corrected chi connectivity index (χ1v) is 7.10. The van der Waals surface area contributed by atoms with E-state index < -0.39 is 11.6 Å². The number of nitrogens with zero attached hydrogens (tertiary/aromatic N) is 4. The smallest absolute Gasteiger partial charge is 0.229 e. The second kappa shape index (κ2) is 6.23. The normalized spacial score (nSPS) is 15.9. The minimum absolute atomic E-state index is 0.363. The molecule has 1 fully saturated rings. The molecule has 1 N–H and O–H groups in total. The Morgan fingerprint density at radius 3 is 2.55 bits per heavy atom. The summed E-state index contributed by atoms with van der Waals surface area (Å²) in [4.78, 5) is 13.0. The maximum Gasteiger partial charge on any atom is 0.229 e. The molecule has 1 aromatic carbocycles. The summed E-state index contributed by atoms with van der Waals surface area (Å²) in [7, 11) is 2.09. The number of halogens is 2. The van der Waals surface area contributed by atoms with Gasteiger partial charge in [-0.15, -0.1) is 0 Å². The molecule has 0 atom stereocenters. The molecule has 1 aromatic heterocycles. The van der Waals surface area contributed by atoms with Gasteiger partial charge in [0.2, 0.25) is 5.95 Å². The number of rotatable bonds is 3. The van der Waals surface area contributed by atoms with E-state index in [0.717, 1.165) is 44.1 Å². The van der Waals surface area contributed by atoms with E-state index in [1.807, 2.05) is 6.07 Å². The minimum atomic E-state index is -0.903. The van der Waals surface area contributed by atoms with E-state index in [2.05, 4.69) is 32.1 Å². The van der Waals surface area contributed by atoms with Crippen molar-refractivity contribution in [3.63, 3.8) is 0 Å². The predicted octanol–water partition coefficient (Wildman–Crippen LogP) is 2.25. The van der Waals surface area contributed by atoms with Gasteiger partial charge in [-0.1, -0.05) is 0 Å². The summed E-state index contributed by atoms with van der Waals surface area (Å²) in [6, 6.07) is 5.45. The summed E-state index contributed by atoms with van der Waals surface area (Å²) in [6.07, 6.45) is 1.66. The van der Waals surface area contributed by atoms with Crippen LogP contribution in [0, 0.1) is 11.6 Å². The molecule has 0 bridgehead atoms. The van der Waals surface area contributed by atoms with Gasteiger partial charge in [-0.05, 0) is 25.2 Å². The van der Waals surface area contributed by atoms with E-state index in [1.165, 1.54) is 6.07 Å². The Kier molecular flexibility index (Phi) is 4.15. The van der Waals surface area contributed by atoms with E-state index in [9.17, 15) is 8.78 Å². The Hall–Kier alpha value is -2.28. The van der Waals surface area contributed by atoms with Crippen LogP contribution in [0.4, 0.5) is 26.2 Å². The fraction of sp³-hybridized carbons (Fsp3) is 0.333. The number of anilines is 3. The second-order valence-electron chi connectivity index (χ2n) is 5.28. The summed E-state index contributed by atoms with van der Waals surface area (Å²) in [6.45, 7) is 3.77. The van der Waals surface area contributed by atoms with Crippen molar-refractivity contribution in [3.05, 3.63) is 42.1 Å². The highest BCUT2D eigenvalue weighted by Gasteiger charge is 2.15. The zero-order valence-electron chi connectivity index (χ0n) is 12.3. The molecule has 22 heavy (non-hydrogen) atoms. The van der Waals surface area contributed by atoms with Gasteiger partial charge < -0.3 is 15.1 Å². The number of hydrogen-bond donors (Lipinski definition) is 1. The van der Waals surface area contributed by atoms with Crippen LogP contribution >= 0.6 is 0 Å². The standard InChI is InChI=1S/C15H17F2N5/c1-21-6-8-22(9-7-21)14-4-5-18-15(20-14)19-11-2-3-12(16)13(17)10-11/h2-5,10H,6-9H2,1H3,(H,18,19,20). The molecule has 0 aliphatic carbocycles. The van der Waals surface area contributed by atoms with Crippen LogP contribution in [-0.2, 0) is 0 Å². The van der Waals surface area contributed by atoms with Crippen LogP contribution in [0.5, 0.6) is 0 Å². The Bertz CT molecular complexity index is 656. The van der Waals surface area contributed by atoms with Crippen molar-refractivity contribution >= 4 is 17.5 Å². The van der Waals surface area contributed by atoms with E-state index in [0.29, 0.717) is 11.6 Å². The molecule has 0 saturated carbocycles. The molecule has 1 aliphatic heterocycles. The average molecular weight is 305 g/mol. The van der Waals surface area contributed by atoms with Gasteiger partial charge in [0.15, 0.2) is 11.6 Å². The van der Waals surface area contributed by atoms with Gasteiger partial charge in [-0.2, -0.15) is 4.98 Å². The third kappa shape index (κ3) is 3.30. The van der Waals surface area contributed by atoms with E-state index in [4.69, 9.17) is 0 Å². The fourth-order valence-electron chi connectivity index (χ4n) is 2.32. The number of piperazine rings is 1. The van der Waals surface area contributed by atoms with Crippen LogP contribution in [0.3, 0.4) is 0 Å². The molecule has 7 heteroatoms. The van der Waals surface area contributed by atoms with E-state index >= 15 is 0 Å². The van der Waals surface area contributed by atoms with Gasteiger partial charge in [0.25, 0.3) is 0 Å². The van der Waals surface area contributed by atoms with Gasteiger partial charge in [0.1, 0.15) is 5.82 Å². The zero-order chi connectivity index (χ0) is 15.5. The predicted molar refractivity (Wildman–Crippen MR) is 81.4 cm³/mol. The van der Waals surface area contributed by atoms with Crippen molar-refractivity contribution in [1.29, 1.82) is 0 Å². The van der Waals surface area contributed by atoms with E-state index in [1.54, 1.807) is 6.20 Å². The maximum atomic E-state index is 13.2. The van der Waals surface area contributed by atoms with Crippen molar-refractivity contribution in [1.82, 2.24) is 14.9 Å². The summed E-state index contributed by atoms with van der Waals surface area (Å²) in [5, 5.41) is 2.89. The van der Waals surface area contributed by atoms with Crippen molar-refractivity contribution in [2.24, 2.45) is 0 Å². The lowest BCUT2D eigenvalue weighted by molar-refractivity contribution is 0.312. The second-order valence-corrected chi connectivity index (χ2v) is 5.28. The van der Waals surface area contributed by atoms with Crippen LogP contribution in [0.25, 0.3) is 0 Å². The number of aromatic nitrogens is 2. The van der Waals surface area contributed by atoms with Crippen LogP contribution in [-0.4, -0.2) is 48.1 Å². The first-order chi connectivity index (χ1) is 10.6. The molecule has 0 radical (unpaired) electrons. The topological polar surface area (TPSA) is 44.3 Å². The molecule has 2 aromatic rings. The number of hydrogen-bond acceptors (Lipinski definition) is 5. The lowest BCUT2D eigenvalue weighted by atomic mass is 10.3. The van der Waals surface area contributed by atoms with Crippen LogP contribution < -0.4 is 10.2 Å². The van der Waals surface area contributed by atoms with Crippen LogP contribution in [0.2, 0.25) is 0 Å². The molecule has 116 valence electrons. The first kappa shape index (κ1) is 14.6. The highest BCUT2D eigenvalue weighted by Crippen LogP contribution is 2.19. The van der Waals surface area contributed by atoms with Gasteiger partial charge in [0, 0.05) is 44.1 Å². The van der Waals surface area contributed by atoms with Crippen molar-refractivity contribution in [2.75, 3.05) is 43.4 Å².